The van der Waals surface area contributed by atoms with E-state index in [2.05, 4.69) is 72.6 Å². The molecule has 0 radical (unpaired) electrons. The van der Waals surface area contributed by atoms with Crippen LogP contribution in [0.25, 0.3) is 0 Å². The predicted octanol–water partition coefficient (Wildman–Crippen LogP) is 4.27. The first-order chi connectivity index (χ1) is 14.4. The number of hydrogen-bond donors (Lipinski definition) is 3. The molecule has 0 bridgehead atoms. The van der Waals surface area contributed by atoms with E-state index < -0.39 is 6.04 Å². The van der Waals surface area contributed by atoms with Crippen molar-refractivity contribution in [2.75, 3.05) is 25.6 Å². The summed E-state index contributed by atoms with van der Waals surface area (Å²) in [6.45, 7) is 6.86. The second kappa shape index (κ2) is 15.4. The first kappa shape index (κ1) is 26.7. The van der Waals surface area contributed by atoms with Crippen LogP contribution in [-0.2, 0) is 25.0 Å². The molecule has 0 aromatic heterocycles. The van der Waals surface area contributed by atoms with Crippen LogP contribution in [0.15, 0.2) is 30.9 Å². The molecule has 1 aromatic carbocycles. The number of amides is 2. The lowest BCUT2D eigenvalue weighted by molar-refractivity contribution is -0.128. The third-order valence-electron chi connectivity index (χ3n) is 4.45. The van der Waals surface area contributed by atoms with Gasteiger partial charge < -0.3 is 20.7 Å². The van der Waals surface area contributed by atoms with Crippen LogP contribution < -0.4 is 16.0 Å². The van der Waals surface area contributed by atoms with E-state index in [9.17, 15) is 9.59 Å². The molecule has 1 rings (SSSR count). The largest absolute Gasteiger partial charge is 0.385 e. The molecule has 30 heavy (non-hydrogen) atoms. The maximum atomic E-state index is 12.5. The molecule has 1 aromatic rings. The first-order valence-corrected chi connectivity index (χ1v) is 12.4. The maximum absolute atomic E-state index is 12.5. The lowest BCUT2D eigenvalue weighted by atomic mass is 10.1. The van der Waals surface area contributed by atoms with Gasteiger partial charge in [-0.2, -0.15) is 0 Å². The van der Waals surface area contributed by atoms with Gasteiger partial charge in [0.15, 0.2) is 0 Å². The Morgan fingerprint density at radius 1 is 1.10 bits per heavy atom. The summed E-state index contributed by atoms with van der Waals surface area (Å²) >= 11 is 6.98. The van der Waals surface area contributed by atoms with Gasteiger partial charge in [-0.25, -0.2) is 0 Å². The number of ether oxygens (including phenoxy) is 1. The van der Waals surface area contributed by atoms with E-state index in [-0.39, 0.29) is 17.9 Å². The molecular weight excluding hydrogens is 514 g/mol. The van der Waals surface area contributed by atoms with Crippen LogP contribution in [0.5, 0.6) is 0 Å². The summed E-state index contributed by atoms with van der Waals surface area (Å²) in [6.07, 6.45) is 4.46. The molecule has 3 N–H and O–H groups in total. The van der Waals surface area contributed by atoms with E-state index >= 15 is 0 Å². The third kappa shape index (κ3) is 10.6. The van der Waals surface area contributed by atoms with Crippen molar-refractivity contribution in [2.24, 2.45) is 0 Å². The normalized spacial score (nSPS) is 12.7. The number of methoxy groups -OCH3 is 1. The number of nitrogens with one attached hydrogen (secondary N) is 3. The van der Waals surface area contributed by atoms with Crippen molar-refractivity contribution < 1.29 is 14.3 Å². The van der Waals surface area contributed by atoms with Gasteiger partial charge in [-0.3, -0.25) is 9.59 Å². The van der Waals surface area contributed by atoms with E-state index in [0.29, 0.717) is 19.6 Å². The van der Waals surface area contributed by atoms with Crippen LogP contribution in [0.1, 0.15) is 43.7 Å². The highest BCUT2D eigenvalue weighted by Gasteiger charge is 2.18. The maximum Gasteiger partial charge on any atom is 0.246 e. The van der Waals surface area contributed by atoms with Crippen molar-refractivity contribution in [2.45, 2.75) is 55.4 Å². The monoisotopic (exact) mass is 545 g/mol. The van der Waals surface area contributed by atoms with E-state index in [1.807, 2.05) is 6.92 Å². The number of rotatable bonds is 15. The zero-order valence-corrected chi connectivity index (χ0v) is 21.0. The minimum Gasteiger partial charge on any atom is -0.385 e. The van der Waals surface area contributed by atoms with Crippen molar-refractivity contribution in [3.05, 3.63) is 42.0 Å². The molecule has 0 heterocycles. The number of alkyl halides is 2. The van der Waals surface area contributed by atoms with E-state index in [1.54, 1.807) is 7.11 Å². The molecule has 0 saturated carbocycles. The zero-order valence-electron chi connectivity index (χ0n) is 17.8. The van der Waals surface area contributed by atoms with E-state index in [1.165, 1.54) is 17.2 Å². The summed E-state index contributed by atoms with van der Waals surface area (Å²) in [6, 6.07) is 5.43. The van der Waals surface area contributed by atoms with Crippen molar-refractivity contribution in [1.29, 1.82) is 0 Å². The Hall–Kier alpha value is -1.38. The highest BCUT2D eigenvalue weighted by Crippen LogP contribution is 2.19. The van der Waals surface area contributed by atoms with Crippen LogP contribution in [0, 0.1) is 0 Å². The topological polar surface area (TPSA) is 79.5 Å². The summed E-state index contributed by atoms with van der Waals surface area (Å²) in [5, 5.41) is 10.6. The van der Waals surface area contributed by atoms with Gasteiger partial charge in [0.05, 0.1) is 0 Å². The Morgan fingerprint density at radius 2 is 1.77 bits per heavy atom. The number of anilines is 1. The number of carbonyl (C=O) groups excluding carboxylic acids is 2. The number of halogens is 2. The fraction of sp³-hybridized carbons (Fsp3) is 0.545. The Kier molecular flexibility index (Phi) is 13.7. The number of hydrogen-bond acceptors (Lipinski definition) is 4. The van der Waals surface area contributed by atoms with Crippen molar-refractivity contribution in [3.8, 4) is 0 Å². The Labute approximate surface area is 196 Å². The molecule has 0 spiro atoms. The molecule has 168 valence electrons. The van der Waals surface area contributed by atoms with Gasteiger partial charge in [-0.05, 0) is 43.0 Å². The van der Waals surface area contributed by atoms with Gasteiger partial charge in [-0.1, -0.05) is 50.4 Å². The first-order valence-electron chi connectivity index (χ1n) is 10.1. The predicted molar refractivity (Wildman–Crippen MR) is 130 cm³/mol. The lowest BCUT2D eigenvalue weighted by Gasteiger charge is -2.20. The summed E-state index contributed by atoms with van der Waals surface area (Å²) < 4.78 is 4.99. The fourth-order valence-corrected chi connectivity index (χ4v) is 3.51. The molecule has 0 aliphatic rings. The Balaban J connectivity index is 2.45. The molecule has 2 atom stereocenters. The standard InChI is InChI=1S/C22H33Br2N3O3/c1-4-20(27-21(28)8-6-5-7-9-30-3)22(29)26-16(2)15-25-19-11-17(13-23)10-18(12-19)14-24/h4,10-12,16,20,25H,1,5-9,13-15H2,2-3H3,(H,26,29)(H,27,28)/t16-,20-/m0/s1. The molecule has 0 aliphatic heterocycles. The molecule has 0 unspecified atom stereocenters. The number of benzene rings is 1. The van der Waals surface area contributed by atoms with Gasteiger partial charge in [0.2, 0.25) is 11.8 Å². The molecule has 0 fully saturated rings. The third-order valence-corrected chi connectivity index (χ3v) is 5.74. The molecular formula is C22H33Br2N3O3. The molecule has 2 amide bonds. The van der Waals surface area contributed by atoms with Crippen molar-refractivity contribution in [1.82, 2.24) is 10.6 Å². The Morgan fingerprint density at radius 3 is 2.33 bits per heavy atom. The van der Waals surface area contributed by atoms with Crippen LogP contribution in [0.4, 0.5) is 5.69 Å². The van der Waals surface area contributed by atoms with Gasteiger partial charge >= 0.3 is 0 Å². The smallest absolute Gasteiger partial charge is 0.246 e. The van der Waals surface area contributed by atoms with Gasteiger partial charge in [0, 0.05) is 49.1 Å². The lowest BCUT2D eigenvalue weighted by Crippen LogP contribution is -2.49. The SMILES string of the molecule is C=C[C@H](NC(=O)CCCCCOC)C(=O)N[C@@H](C)CNc1cc(CBr)cc(CBr)c1. The Bertz CT molecular complexity index is 663. The van der Waals surface area contributed by atoms with Gasteiger partial charge in [0.25, 0.3) is 0 Å². The number of unbranched alkanes of at least 4 members (excludes halogenated alkanes) is 2. The highest BCUT2D eigenvalue weighted by molar-refractivity contribution is 9.08. The van der Waals surface area contributed by atoms with Gasteiger partial charge in [-0.15, -0.1) is 6.58 Å². The van der Waals surface area contributed by atoms with Gasteiger partial charge in [0.1, 0.15) is 6.04 Å². The average Bonchev–Trinajstić information content (AvgIpc) is 2.75. The summed E-state index contributed by atoms with van der Waals surface area (Å²) in [5.41, 5.74) is 3.37. The zero-order chi connectivity index (χ0) is 22.4. The molecule has 0 aliphatic carbocycles. The number of carbonyl (C=O) groups is 2. The van der Waals surface area contributed by atoms with Crippen molar-refractivity contribution in [3.63, 3.8) is 0 Å². The average molecular weight is 547 g/mol. The van der Waals surface area contributed by atoms with Crippen molar-refractivity contribution >= 4 is 49.4 Å². The van der Waals surface area contributed by atoms with Crippen LogP contribution in [-0.4, -0.2) is 44.2 Å². The molecule has 6 nitrogen and oxygen atoms in total. The summed E-state index contributed by atoms with van der Waals surface area (Å²) in [7, 11) is 1.66. The highest BCUT2D eigenvalue weighted by atomic mass is 79.9. The minimum absolute atomic E-state index is 0.119. The van der Waals surface area contributed by atoms with E-state index in [4.69, 9.17) is 4.74 Å². The van der Waals surface area contributed by atoms with Crippen LogP contribution in [0.3, 0.4) is 0 Å². The molecule has 0 saturated heterocycles. The summed E-state index contributed by atoms with van der Waals surface area (Å²) in [4.78, 5) is 24.6. The molecule has 8 heteroatoms. The second-order valence-corrected chi connectivity index (χ2v) is 8.30. The minimum atomic E-state index is -0.740. The second-order valence-electron chi connectivity index (χ2n) is 7.18. The fourth-order valence-electron chi connectivity index (χ4n) is 2.86. The van der Waals surface area contributed by atoms with Crippen LogP contribution >= 0.6 is 31.9 Å². The summed E-state index contributed by atoms with van der Waals surface area (Å²) in [5.74, 6) is -0.408. The quantitative estimate of drug-likeness (QED) is 0.174. The van der Waals surface area contributed by atoms with Crippen LogP contribution in [0.2, 0.25) is 0 Å². The van der Waals surface area contributed by atoms with E-state index in [0.717, 1.165) is 35.6 Å².